The highest BCUT2D eigenvalue weighted by atomic mass is 32.1. The molecular formula is C20H13N3S2. The van der Waals surface area contributed by atoms with Crippen molar-refractivity contribution in [1.82, 2.24) is 14.6 Å². The van der Waals surface area contributed by atoms with E-state index >= 15 is 0 Å². The van der Waals surface area contributed by atoms with E-state index in [-0.39, 0.29) is 0 Å². The molecule has 3 heterocycles. The van der Waals surface area contributed by atoms with Gasteiger partial charge in [-0.3, -0.25) is 0 Å². The van der Waals surface area contributed by atoms with Gasteiger partial charge in [0.1, 0.15) is 0 Å². The molecule has 0 fully saturated rings. The van der Waals surface area contributed by atoms with E-state index in [9.17, 15) is 0 Å². The molecule has 3 aromatic heterocycles. The van der Waals surface area contributed by atoms with Crippen molar-refractivity contribution in [3.05, 3.63) is 78.3 Å². The Hall–Kier alpha value is -2.76. The molecule has 5 rings (SSSR count). The molecule has 0 bridgehead atoms. The van der Waals surface area contributed by atoms with Crippen LogP contribution < -0.4 is 0 Å². The Labute approximate surface area is 152 Å². The SMILES string of the molecule is c1ccc(-c2ccc(-c3cn4nc(-c5cccs5)sc4n3)cc2)cc1. The van der Waals surface area contributed by atoms with E-state index < -0.39 is 0 Å². The molecule has 25 heavy (non-hydrogen) atoms. The number of fused-ring (bicyclic) bond motifs is 1. The quantitative estimate of drug-likeness (QED) is 0.404. The number of aromatic nitrogens is 3. The van der Waals surface area contributed by atoms with Crippen molar-refractivity contribution in [3.63, 3.8) is 0 Å². The molecule has 0 atom stereocenters. The first-order valence-corrected chi connectivity index (χ1v) is 9.62. The third kappa shape index (κ3) is 2.67. The number of benzene rings is 2. The minimum absolute atomic E-state index is 0.922. The van der Waals surface area contributed by atoms with Crippen molar-refractivity contribution in [2.45, 2.75) is 0 Å². The molecule has 0 N–H and O–H groups in total. The van der Waals surface area contributed by atoms with Crippen LogP contribution in [0.3, 0.4) is 0 Å². The predicted molar refractivity (Wildman–Crippen MR) is 105 cm³/mol. The summed E-state index contributed by atoms with van der Waals surface area (Å²) < 4.78 is 1.88. The summed E-state index contributed by atoms with van der Waals surface area (Å²) in [7, 11) is 0. The highest BCUT2D eigenvalue weighted by Gasteiger charge is 2.11. The Morgan fingerprint density at radius 2 is 1.52 bits per heavy atom. The Morgan fingerprint density at radius 1 is 0.760 bits per heavy atom. The van der Waals surface area contributed by atoms with Crippen LogP contribution in [0, 0.1) is 0 Å². The van der Waals surface area contributed by atoms with Gasteiger partial charge < -0.3 is 0 Å². The van der Waals surface area contributed by atoms with E-state index in [0.29, 0.717) is 0 Å². The summed E-state index contributed by atoms with van der Waals surface area (Å²) in [4.78, 5) is 6.85. The van der Waals surface area contributed by atoms with Gasteiger partial charge in [0.05, 0.1) is 16.8 Å². The topological polar surface area (TPSA) is 30.2 Å². The average Bonchev–Trinajstić information content (AvgIpc) is 3.38. The zero-order valence-corrected chi connectivity index (χ0v) is 14.8. The summed E-state index contributed by atoms with van der Waals surface area (Å²) in [5.41, 5.74) is 4.50. The van der Waals surface area contributed by atoms with Gasteiger partial charge in [0.15, 0.2) is 5.01 Å². The molecule has 0 amide bonds. The van der Waals surface area contributed by atoms with Crippen molar-refractivity contribution >= 4 is 27.6 Å². The zero-order chi connectivity index (χ0) is 16.6. The monoisotopic (exact) mass is 359 g/mol. The standard InChI is InChI=1S/C20H13N3S2/c1-2-5-14(6-3-1)15-8-10-16(11-9-15)17-13-23-20(21-17)25-19(22-23)18-7-4-12-24-18/h1-13H. The normalized spacial score (nSPS) is 11.2. The van der Waals surface area contributed by atoms with Gasteiger partial charge in [-0.1, -0.05) is 72.0 Å². The van der Waals surface area contributed by atoms with Gasteiger partial charge in [-0.25, -0.2) is 9.50 Å². The van der Waals surface area contributed by atoms with E-state index in [0.717, 1.165) is 21.2 Å². The summed E-state index contributed by atoms with van der Waals surface area (Å²) >= 11 is 3.32. The van der Waals surface area contributed by atoms with Gasteiger partial charge in [0.2, 0.25) is 4.96 Å². The minimum Gasteiger partial charge on any atom is -0.217 e. The summed E-state index contributed by atoms with van der Waals surface area (Å²) in [6.07, 6.45) is 2.00. The van der Waals surface area contributed by atoms with Crippen LogP contribution in [0.1, 0.15) is 0 Å². The number of hydrogen-bond acceptors (Lipinski definition) is 4. The van der Waals surface area contributed by atoms with E-state index in [2.05, 4.69) is 65.1 Å². The van der Waals surface area contributed by atoms with Crippen LogP contribution in [-0.2, 0) is 0 Å². The second-order valence-electron chi connectivity index (χ2n) is 5.68. The highest BCUT2D eigenvalue weighted by Crippen LogP contribution is 2.31. The van der Waals surface area contributed by atoms with Crippen LogP contribution >= 0.6 is 22.7 Å². The Morgan fingerprint density at radius 3 is 2.24 bits per heavy atom. The number of nitrogens with zero attached hydrogens (tertiary/aromatic N) is 3. The molecule has 0 aliphatic rings. The van der Waals surface area contributed by atoms with Crippen LogP contribution in [0.2, 0.25) is 0 Å². The van der Waals surface area contributed by atoms with Gasteiger partial charge in [-0.15, -0.1) is 11.3 Å². The second kappa shape index (κ2) is 5.95. The molecule has 0 unspecified atom stereocenters. The summed E-state index contributed by atoms with van der Waals surface area (Å²) in [6, 6.07) is 23.1. The fourth-order valence-electron chi connectivity index (χ4n) is 2.80. The van der Waals surface area contributed by atoms with Crippen LogP contribution in [-0.4, -0.2) is 14.6 Å². The van der Waals surface area contributed by atoms with Crippen molar-refractivity contribution in [2.75, 3.05) is 0 Å². The average molecular weight is 359 g/mol. The van der Waals surface area contributed by atoms with Crippen molar-refractivity contribution in [1.29, 1.82) is 0 Å². The second-order valence-corrected chi connectivity index (χ2v) is 7.58. The predicted octanol–water partition coefficient (Wildman–Crippen LogP) is 5.85. The van der Waals surface area contributed by atoms with Gasteiger partial charge in [-0.05, 0) is 22.6 Å². The number of thiophene rings is 1. The maximum absolute atomic E-state index is 4.74. The fourth-order valence-corrected chi connectivity index (χ4v) is 4.48. The highest BCUT2D eigenvalue weighted by molar-refractivity contribution is 7.23. The molecule has 2 aromatic carbocycles. The van der Waals surface area contributed by atoms with Crippen molar-refractivity contribution in [2.24, 2.45) is 0 Å². The largest absolute Gasteiger partial charge is 0.217 e. The molecule has 0 spiro atoms. The van der Waals surface area contributed by atoms with Gasteiger partial charge in [-0.2, -0.15) is 5.10 Å². The van der Waals surface area contributed by atoms with Crippen LogP contribution in [0.25, 0.3) is 37.2 Å². The molecule has 0 saturated carbocycles. The van der Waals surface area contributed by atoms with E-state index in [4.69, 9.17) is 4.98 Å². The first kappa shape index (κ1) is 14.6. The Bertz CT molecular complexity index is 1090. The lowest BCUT2D eigenvalue weighted by Gasteiger charge is -2.02. The van der Waals surface area contributed by atoms with Crippen LogP contribution in [0.4, 0.5) is 0 Å². The van der Waals surface area contributed by atoms with Crippen molar-refractivity contribution in [3.8, 4) is 32.3 Å². The summed E-state index contributed by atoms with van der Waals surface area (Å²) in [5.74, 6) is 0. The van der Waals surface area contributed by atoms with Crippen LogP contribution in [0.15, 0.2) is 78.3 Å². The van der Waals surface area contributed by atoms with E-state index in [1.807, 2.05) is 22.8 Å². The Kier molecular flexibility index (Phi) is 3.47. The lowest BCUT2D eigenvalue weighted by Crippen LogP contribution is -1.81. The maximum Gasteiger partial charge on any atom is 0.213 e. The number of hydrogen-bond donors (Lipinski definition) is 0. The Balaban J connectivity index is 1.48. The lowest BCUT2D eigenvalue weighted by atomic mass is 10.0. The molecular weight excluding hydrogens is 346 g/mol. The van der Waals surface area contributed by atoms with Crippen molar-refractivity contribution < 1.29 is 0 Å². The zero-order valence-electron chi connectivity index (χ0n) is 13.2. The molecule has 120 valence electrons. The minimum atomic E-state index is 0.922. The van der Waals surface area contributed by atoms with Gasteiger partial charge in [0, 0.05) is 5.56 Å². The number of imidazole rings is 1. The molecule has 0 aliphatic carbocycles. The summed E-state index contributed by atoms with van der Waals surface area (Å²) in [5, 5.41) is 7.74. The van der Waals surface area contributed by atoms with Gasteiger partial charge >= 0.3 is 0 Å². The first-order valence-electron chi connectivity index (χ1n) is 7.93. The van der Waals surface area contributed by atoms with E-state index in [1.165, 1.54) is 16.0 Å². The molecule has 5 aromatic rings. The molecule has 3 nitrogen and oxygen atoms in total. The summed E-state index contributed by atoms with van der Waals surface area (Å²) in [6.45, 7) is 0. The van der Waals surface area contributed by atoms with Gasteiger partial charge in [0.25, 0.3) is 0 Å². The lowest BCUT2D eigenvalue weighted by molar-refractivity contribution is 0.980. The fraction of sp³-hybridized carbons (Fsp3) is 0. The third-order valence-electron chi connectivity index (χ3n) is 4.06. The maximum atomic E-state index is 4.74. The molecule has 5 heteroatoms. The smallest absolute Gasteiger partial charge is 0.213 e. The molecule has 0 saturated heterocycles. The molecule has 0 aliphatic heterocycles. The number of rotatable bonds is 3. The van der Waals surface area contributed by atoms with Crippen LogP contribution in [0.5, 0.6) is 0 Å². The first-order chi connectivity index (χ1) is 12.4. The molecule has 0 radical (unpaired) electrons. The third-order valence-corrected chi connectivity index (χ3v) is 6.02. The van der Waals surface area contributed by atoms with E-state index in [1.54, 1.807) is 22.7 Å².